The molecule has 0 N–H and O–H groups in total. The first kappa shape index (κ1) is 26.7. The van der Waals surface area contributed by atoms with E-state index in [1.54, 1.807) is 11.1 Å². The molecule has 2 saturated carbocycles. The number of allylic oxidation sites excluding steroid dienone is 3. The molecule has 6 atom stereocenters. The van der Waals surface area contributed by atoms with Gasteiger partial charge in [0.2, 0.25) is 0 Å². The number of hydrogen-bond donors (Lipinski definition) is 0. The largest absolute Gasteiger partial charge is 0.463 e. The van der Waals surface area contributed by atoms with Crippen molar-refractivity contribution in [2.75, 3.05) is 6.61 Å². The molecule has 4 rings (SSSR count). The summed E-state index contributed by atoms with van der Waals surface area (Å²) in [6.07, 6.45) is 13.5. The minimum Gasteiger partial charge on any atom is -0.463 e. The lowest BCUT2D eigenvalue weighted by molar-refractivity contribution is -0.140. The van der Waals surface area contributed by atoms with Gasteiger partial charge >= 0.3 is 5.97 Å². The molecule has 0 spiro atoms. The van der Waals surface area contributed by atoms with Crippen molar-refractivity contribution >= 4 is 11.8 Å². The smallest absolute Gasteiger partial charge is 0.333 e. The predicted molar refractivity (Wildman–Crippen MR) is 143 cm³/mol. The van der Waals surface area contributed by atoms with E-state index in [0.717, 1.165) is 37.2 Å². The number of fused-ring (bicyclic) bond motifs is 4. The molecule has 0 saturated heterocycles. The quantitative estimate of drug-likeness (QED) is 0.217. The number of rotatable bonds is 6. The van der Waals surface area contributed by atoms with Gasteiger partial charge in [-0.05, 0) is 106 Å². The highest BCUT2D eigenvalue weighted by Gasteiger charge is 2.63. The van der Waals surface area contributed by atoms with Crippen molar-refractivity contribution in [2.24, 2.45) is 39.4 Å². The van der Waals surface area contributed by atoms with E-state index in [4.69, 9.17) is 4.74 Å². The standard InChI is InChI=1S/C32H50O3/c1-9-35-28(34)22(3)12-10-11-21(2)23-15-19-32(8)25-13-14-26-29(4,5)27(33)17-18-30(26,6)24(25)16-20-31(23,32)7/h12,21,23,26H,9-11,13-20H2,1-8H3/b22-12-/t21-,23-,26?,30-,31-,32+/m1/s1. The average Bonchev–Trinajstić information content (AvgIpc) is 3.08. The minimum absolute atomic E-state index is 0.177. The molecule has 0 heterocycles. The van der Waals surface area contributed by atoms with Crippen LogP contribution in [-0.4, -0.2) is 18.4 Å². The summed E-state index contributed by atoms with van der Waals surface area (Å²) in [4.78, 5) is 24.8. The second-order valence-corrected chi connectivity index (χ2v) is 13.7. The fraction of sp³-hybridized carbons (Fsp3) is 0.812. The molecule has 0 aromatic heterocycles. The lowest BCUT2D eigenvalue weighted by Crippen LogP contribution is -2.53. The van der Waals surface area contributed by atoms with E-state index < -0.39 is 0 Å². The maximum atomic E-state index is 12.8. The molecule has 2 fully saturated rings. The Balaban J connectivity index is 1.55. The van der Waals surface area contributed by atoms with Crippen molar-refractivity contribution in [1.29, 1.82) is 0 Å². The molecule has 0 amide bonds. The van der Waals surface area contributed by atoms with Crippen LogP contribution in [-0.2, 0) is 14.3 Å². The Kier molecular flexibility index (Phi) is 6.99. The van der Waals surface area contributed by atoms with Crippen LogP contribution in [0.15, 0.2) is 22.8 Å². The van der Waals surface area contributed by atoms with Crippen LogP contribution >= 0.6 is 0 Å². The van der Waals surface area contributed by atoms with Crippen molar-refractivity contribution in [3.05, 3.63) is 22.8 Å². The van der Waals surface area contributed by atoms with Gasteiger partial charge in [-0.2, -0.15) is 0 Å². The maximum absolute atomic E-state index is 12.8. The van der Waals surface area contributed by atoms with Crippen LogP contribution < -0.4 is 0 Å². The SMILES string of the molecule is CCOC(=O)/C(C)=C\CC[C@@H](C)[C@H]1CC[C@@]2(C)C3=C(CC[C@]12C)[C@@]1(C)CCC(=O)C(C)(C)C1CC3. The van der Waals surface area contributed by atoms with Crippen LogP contribution in [0.25, 0.3) is 0 Å². The number of esters is 1. The Bertz CT molecular complexity index is 938. The van der Waals surface area contributed by atoms with Crippen LogP contribution in [0.1, 0.15) is 120 Å². The molecular formula is C32H50O3. The topological polar surface area (TPSA) is 43.4 Å². The van der Waals surface area contributed by atoms with Gasteiger partial charge in [0, 0.05) is 17.4 Å². The summed E-state index contributed by atoms with van der Waals surface area (Å²) in [7, 11) is 0. The van der Waals surface area contributed by atoms with Crippen molar-refractivity contribution in [2.45, 2.75) is 120 Å². The van der Waals surface area contributed by atoms with Gasteiger partial charge in [0.15, 0.2) is 0 Å². The van der Waals surface area contributed by atoms with Crippen LogP contribution in [0.5, 0.6) is 0 Å². The highest BCUT2D eigenvalue weighted by Crippen LogP contribution is 2.72. The average molecular weight is 483 g/mol. The van der Waals surface area contributed by atoms with Gasteiger partial charge in [-0.1, -0.05) is 58.8 Å². The Hall–Kier alpha value is -1.38. The van der Waals surface area contributed by atoms with Crippen molar-refractivity contribution in [1.82, 2.24) is 0 Å². The molecule has 0 aromatic rings. The Morgan fingerprint density at radius 2 is 1.74 bits per heavy atom. The first-order valence-corrected chi connectivity index (χ1v) is 14.4. The van der Waals surface area contributed by atoms with Gasteiger partial charge in [-0.25, -0.2) is 4.79 Å². The normalized spacial score (nSPS) is 39.5. The van der Waals surface area contributed by atoms with E-state index in [-0.39, 0.29) is 22.2 Å². The van der Waals surface area contributed by atoms with Crippen LogP contribution in [0.4, 0.5) is 0 Å². The summed E-state index contributed by atoms with van der Waals surface area (Å²) < 4.78 is 5.14. The van der Waals surface area contributed by atoms with Gasteiger partial charge < -0.3 is 4.74 Å². The number of ketones is 1. The number of ether oxygens (including phenoxy) is 1. The number of Topliss-reactive ketones (excluding diaryl/α,β-unsaturated/α-hetero) is 1. The van der Waals surface area contributed by atoms with Gasteiger partial charge in [-0.3, -0.25) is 4.79 Å². The van der Waals surface area contributed by atoms with Crippen LogP contribution in [0.3, 0.4) is 0 Å². The van der Waals surface area contributed by atoms with Gasteiger partial charge in [0.25, 0.3) is 0 Å². The second-order valence-electron chi connectivity index (χ2n) is 13.7. The van der Waals surface area contributed by atoms with Crippen molar-refractivity contribution in [3.63, 3.8) is 0 Å². The molecule has 0 bridgehead atoms. The van der Waals surface area contributed by atoms with Crippen molar-refractivity contribution in [3.8, 4) is 0 Å². The van der Waals surface area contributed by atoms with E-state index in [9.17, 15) is 9.59 Å². The van der Waals surface area contributed by atoms with E-state index in [1.807, 2.05) is 13.8 Å². The Morgan fingerprint density at radius 3 is 2.43 bits per heavy atom. The molecule has 3 heteroatoms. The number of hydrogen-bond acceptors (Lipinski definition) is 3. The summed E-state index contributed by atoms with van der Waals surface area (Å²) in [6, 6.07) is 0. The summed E-state index contributed by atoms with van der Waals surface area (Å²) in [6.45, 7) is 18.8. The van der Waals surface area contributed by atoms with Gasteiger partial charge in [-0.15, -0.1) is 0 Å². The summed E-state index contributed by atoms with van der Waals surface area (Å²) in [5.41, 5.74) is 4.94. The second kappa shape index (κ2) is 9.18. The summed E-state index contributed by atoms with van der Waals surface area (Å²) in [5.74, 6) is 2.18. The first-order chi connectivity index (χ1) is 16.3. The molecule has 0 aromatic carbocycles. The zero-order valence-corrected chi connectivity index (χ0v) is 23.8. The Morgan fingerprint density at radius 1 is 1.03 bits per heavy atom. The van der Waals surface area contributed by atoms with E-state index in [1.165, 1.54) is 38.5 Å². The summed E-state index contributed by atoms with van der Waals surface area (Å²) in [5, 5.41) is 0. The molecule has 1 unspecified atom stereocenters. The van der Waals surface area contributed by atoms with E-state index in [0.29, 0.717) is 29.6 Å². The molecule has 0 aliphatic heterocycles. The molecule has 4 aliphatic rings. The fourth-order valence-electron chi connectivity index (χ4n) is 9.53. The van der Waals surface area contributed by atoms with E-state index >= 15 is 0 Å². The van der Waals surface area contributed by atoms with Crippen molar-refractivity contribution < 1.29 is 14.3 Å². The third-order valence-corrected chi connectivity index (χ3v) is 11.9. The lowest BCUT2D eigenvalue weighted by atomic mass is 9.43. The maximum Gasteiger partial charge on any atom is 0.333 e. The molecule has 3 nitrogen and oxygen atoms in total. The zero-order chi connectivity index (χ0) is 25.8. The fourth-order valence-corrected chi connectivity index (χ4v) is 9.53. The zero-order valence-electron chi connectivity index (χ0n) is 23.8. The third kappa shape index (κ3) is 3.98. The Labute approximate surface area is 214 Å². The molecule has 35 heavy (non-hydrogen) atoms. The third-order valence-electron chi connectivity index (χ3n) is 11.9. The minimum atomic E-state index is -0.185. The van der Waals surface area contributed by atoms with Gasteiger partial charge in [0.05, 0.1) is 6.61 Å². The van der Waals surface area contributed by atoms with Gasteiger partial charge in [0.1, 0.15) is 5.78 Å². The monoisotopic (exact) mass is 482 g/mol. The highest BCUT2D eigenvalue weighted by atomic mass is 16.5. The van der Waals surface area contributed by atoms with Crippen LogP contribution in [0, 0.1) is 39.4 Å². The van der Waals surface area contributed by atoms with E-state index in [2.05, 4.69) is 47.6 Å². The highest BCUT2D eigenvalue weighted by molar-refractivity contribution is 5.87. The molecule has 4 aliphatic carbocycles. The first-order valence-electron chi connectivity index (χ1n) is 14.4. The molecule has 196 valence electrons. The lowest BCUT2D eigenvalue weighted by Gasteiger charge is -2.61. The molecule has 0 radical (unpaired) electrons. The molecular weight excluding hydrogens is 432 g/mol. The number of carbonyl (C=O) groups excluding carboxylic acids is 2. The summed E-state index contributed by atoms with van der Waals surface area (Å²) >= 11 is 0. The number of carbonyl (C=O) groups is 2. The van der Waals surface area contributed by atoms with Crippen LogP contribution in [0.2, 0.25) is 0 Å². The predicted octanol–water partition coefficient (Wildman–Crippen LogP) is 8.23.